The summed E-state index contributed by atoms with van der Waals surface area (Å²) >= 11 is 3.41. The Morgan fingerprint density at radius 2 is 2.00 bits per heavy atom. The predicted octanol–water partition coefficient (Wildman–Crippen LogP) is 3.85. The third-order valence-corrected chi connectivity index (χ3v) is 3.11. The van der Waals surface area contributed by atoms with Gasteiger partial charge < -0.3 is 10.1 Å². The molecule has 0 aliphatic heterocycles. The molecule has 0 amide bonds. The van der Waals surface area contributed by atoms with E-state index in [1.165, 1.54) is 5.56 Å². The van der Waals surface area contributed by atoms with Crippen molar-refractivity contribution in [3.05, 3.63) is 52.8 Å². The molecule has 0 radical (unpaired) electrons. The lowest BCUT2D eigenvalue weighted by atomic mass is 10.2. The number of nitrogens with zero attached hydrogens (tertiary/aromatic N) is 1. The molecule has 2 rings (SSSR count). The van der Waals surface area contributed by atoms with Crippen molar-refractivity contribution in [3.8, 4) is 5.75 Å². The number of hydrogen-bond acceptors (Lipinski definition) is 3. The Bertz CT molecular complexity index is 499. The van der Waals surface area contributed by atoms with Crippen LogP contribution in [0.2, 0.25) is 0 Å². The molecule has 1 N–H and O–H groups in total. The van der Waals surface area contributed by atoms with E-state index >= 15 is 0 Å². The fraction of sp³-hybridized carbons (Fsp3) is 0.214. The van der Waals surface area contributed by atoms with Crippen molar-refractivity contribution in [2.45, 2.75) is 13.5 Å². The van der Waals surface area contributed by atoms with Gasteiger partial charge in [-0.25, -0.2) is 4.98 Å². The molecule has 0 aliphatic carbocycles. The molecule has 0 saturated carbocycles. The Hall–Kier alpha value is -1.55. The van der Waals surface area contributed by atoms with E-state index in [4.69, 9.17) is 4.74 Å². The molecular formula is C14H15BrN2O. The largest absolute Gasteiger partial charge is 0.494 e. The molecule has 4 heteroatoms. The smallest absolute Gasteiger partial charge is 0.129 e. The van der Waals surface area contributed by atoms with E-state index in [2.05, 4.69) is 38.4 Å². The molecule has 1 aromatic carbocycles. The van der Waals surface area contributed by atoms with Crippen molar-refractivity contribution in [2.75, 3.05) is 11.9 Å². The van der Waals surface area contributed by atoms with Gasteiger partial charge in [0.2, 0.25) is 0 Å². The van der Waals surface area contributed by atoms with Gasteiger partial charge in [-0.05, 0) is 52.7 Å². The van der Waals surface area contributed by atoms with E-state index < -0.39 is 0 Å². The number of nitrogens with one attached hydrogen (secondary N) is 1. The summed E-state index contributed by atoms with van der Waals surface area (Å²) in [6.07, 6.45) is 1.76. The maximum atomic E-state index is 5.40. The first kappa shape index (κ1) is 12.9. The Morgan fingerprint density at radius 3 is 2.67 bits per heavy atom. The second-order valence-corrected chi connectivity index (χ2v) is 4.52. The zero-order valence-electron chi connectivity index (χ0n) is 10.2. The summed E-state index contributed by atoms with van der Waals surface area (Å²) in [5.74, 6) is 0.906. The molecule has 0 bridgehead atoms. The molecule has 0 fully saturated rings. The van der Waals surface area contributed by atoms with E-state index in [0.29, 0.717) is 6.61 Å². The lowest BCUT2D eigenvalue weighted by Crippen LogP contribution is -2.00. The monoisotopic (exact) mass is 306 g/mol. The van der Waals surface area contributed by atoms with Gasteiger partial charge >= 0.3 is 0 Å². The van der Waals surface area contributed by atoms with Crippen LogP contribution in [0.25, 0.3) is 0 Å². The third-order valence-electron chi connectivity index (χ3n) is 2.48. The maximum absolute atomic E-state index is 5.40. The predicted molar refractivity (Wildman–Crippen MR) is 76.9 cm³/mol. The fourth-order valence-electron chi connectivity index (χ4n) is 1.59. The first-order valence-electron chi connectivity index (χ1n) is 5.85. The average molecular weight is 307 g/mol. The number of halogens is 1. The van der Waals surface area contributed by atoms with E-state index in [-0.39, 0.29) is 0 Å². The van der Waals surface area contributed by atoms with Gasteiger partial charge in [-0.1, -0.05) is 12.1 Å². The molecule has 0 spiro atoms. The number of aromatic nitrogens is 1. The molecule has 1 aromatic heterocycles. The quantitative estimate of drug-likeness (QED) is 0.852. The van der Waals surface area contributed by atoms with E-state index in [1.54, 1.807) is 6.20 Å². The molecule has 18 heavy (non-hydrogen) atoms. The van der Waals surface area contributed by atoms with Crippen molar-refractivity contribution in [2.24, 2.45) is 0 Å². The van der Waals surface area contributed by atoms with Gasteiger partial charge in [-0.3, -0.25) is 0 Å². The lowest BCUT2D eigenvalue weighted by Gasteiger charge is -2.08. The molecule has 1 heterocycles. The zero-order valence-corrected chi connectivity index (χ0v) is 11.8. The van der Waals surface area contributed by atoms with Gasteiger partial charge in [-0.2, -0.15) is 0 Å². The van der Waals surface area contributed by atoms with Crippen molar-refractivity contribution in [3.63, 3.8) is 0 Å². The fourth-order valence-corrected chi connectivity index (χ4v) is 1.98. The van der Waals surface area contributed by atoms with Gasteiger partial charge in [-0.15, -0.1) is 0 Å². The highest BCUT2D eigenvalue weighted by Gasteiger charge is 1.99. The van der Waals surface area contributed by atoms with Crippen LogP contribution in [0.3, 0.4) is 0 Å². The Morgan fingerprint density at radius 1 is 1.22 bits per heavy atom. The van der Waals surface area contributed by atoms with E-state index in [1.807, 2.05) is 31.2 Å². The molecule has 3 nitrogen and oxygen atoms in total. The van der Waals surface area contributed by atoms with Crippen molar-refractivity contribution < 1.29 is 4.74 Å². The second-order valence-electron chi connectivity index (χ2n) is 3.77. The molecule has 94 valence electrons. The molecule has 2 aromatic rings. The van der Waals surface area contributed by atoms with Crippen LogP contribution in [-0.2, 0) is 6.54 Å². The van der Waals surface area contributed by atoms with E-state index in [0.717, 1.165) is 22.6 Å². The highest BCUT2D eigenvalue weighted by Crippen LogP contribution is 2.19. The molecule has 0 saturated heterocycles. The lowest BCUT2D eigenvalue weighted by molar-refractivity contribution is 0.340. The van der Waals surface area contributed by atoms with Crippen LogP contribution in [0.5, 0.6) is 5.75 Å². The summed E-state index contributed by atoms with van der Waals surface area (Å²) in [5.41, 5.74) is 2.19. The summed E-state index contributed by atoms with van der Waals surface area (Å²) < 4.78 is 6.23. The second kappa shape index (κ2) is 6.40. The van der Waals surface area contributed by atoms with Gasteiger partial charge in [0, 0.05) is 12.7 Å². The number of ether oxygens (including phenoxy) is 1. The first-order valence-corrected chi connectivity index (χ1v) is 6.65. The van der Waals surface area contributed by atoms with Gasteiger partial charge in [0.15, 0.2) is 0 Å². The molecule has 0 aliphatic rings. The van der Waals surface area contributed by atoms with Crippen LogP contribution in [-0.4, -0.2) is 11.6 Å². The summed E-state index contributed by atoms with van der Waals surface area (Å²) in [4.78, 5) is 4.16. The van der Waals surface area contributed by atoms with Gasteiger partial charge in [0.1, 0.15) is 10.4 Å². The highest BCUT2D eigenvalue weighted by atomic mass is 79.9. The normalized spacial score (nSPS) is 10.1. The number of rotatable bonds is 5. The minimum absolute atomic E-state index is 0.695. The number of hydrogen-bond donors (Lipinski definition) is 1. The molecule has 0 atom stereocenters. The zero-order chi connectivity index (χ0) is 12.8. The molecule has 0 unspecified atom stereocenters. The van der Waals surface area contributed by atoms with Crippen LogP contribution in [0.1, 0.15) is 12.5 Å². The topological polar surface area (TPSA) is 34.1 Å². The number of benzene rings is 1. The van der Waals surface area contributed by atoms with Gasteiger partial charge in [0.25, 0.3) is 0 Å². The van der Waals surface area contributed by atoms with Crippen molar-refractivity contribution >= 4 is 21.6 Å². The van der Waals surface area contributed by atoms with Crippen LogP contribution in [0, 0.1) is 0 Å². The van der Waals surface area contributed by atoms with Crippen molar-refractivity contribution in [1.82, 2.24) is 4.98 Å². The summed E-state index contributed by atoms with van der Waals surface area (Å²) in [6.45, 7) is 3.44. The van der Waals surface area contributed by atoms with Crippen LogP contribution in [0.4, 0.5) is 5.69 Å². The Kier molecular flexibility index (Phi) is 4.59. The van der Waals surface area contributed by atoms with Crippen LogP contribution >= 0.6 is 15.9 Å². The number of pyridine rings is 1. The van der Waals surface area contributed by atoms with Crippen molar-refractivity contribution in [1.29, 1.82) is 0 Å². The SMILES string of the molecule is CCOc1ccc(CNc2cccnc2Br)cc1. The highest BCUT2D eigenvalue weighted by molar-refractivity contribution is 9.10. The minimum atomic E-state index is 0.695. The molecular weight excluding hydrogens is 292 g/mol. The number of anilines is 1. The maximum Gasteiger partial charge on any atom is 0.129 e. The standard InChI is InChI=1S/C14H15BrN2O/c1-2-18-12-7-5-11(6-8-12)10-17-13-4-3-9-16-14(13)15/h3-9,17H,2,10H2,1H3. The third kappa shape index (κ3) is 3.47. The van der Waals surface area contributed by atoms with E-state index in [9.17, 15) is 0 Å². The summed E-state index contributed by atoms with van der Waals surface area (Å²) in [6, 6.07) is 12.0. The Labute approximate surface area is 115 Å². The Balaban J connectivity index is 1.96. The van der Waals surface area contributed by atoms with Gasteiger partial charge in [0.05, 0.1) is 12.3 Å². The summed E-state index contributed by atoms with van der Waals surface area (Å²) in [5, 5.41) is 3.33. The average Bonchev–Trinajstić information content (AvgIpc) is 2.40. The minimum Gasteiger partial charge on any atom is -0.494 e. The summed E-state index contributed by atoms with van der Waals surface area (Å²) in [7, 11) is 0. The van der Waals surface area contributed by atoms with Crippen LogP contribution in [0.15, 0.2) is 47.2 Å². The van der Waals surface area contributed by atoms with Crippen LogP contribution < -0.4 is 10.1 Å². The first-order chi connectivity index (χ1) is 8.79.